The van der Waals surface area contributed by atoms with Gasteiger partial charge in [0.1, 0.15) is 0 Å². The minimum absolute atomic E-state index is 0.230. The van der Waals surface area contributed by atoms with E-state index in [-0.39, 0.29) is 5.92 Å². The average Bonchev–Trinajstić information content (AvgIpc) is 2.79. The lowest BCUT2D eigenvalue weighted by Gasteiger charge is -2.16. The third-order valence-electron chi connectivity index (χ3n) is 3.77. The molecule has 0 spiro atoms. The van der Waals surface area contributed by atoms with Crippen LogP contribution in [0.2, 0.25) is 0 Å². The van der Waals surface area contributed by atoms with Crippen LogP contribution in [0.25, 0.3) is 11.1 Å². The summed E-state index contributed by atoms with van der Waals surface area (Å²) in [5.41, 5.74) is 5.18. The fraction of sp³-hybridized carbons (Fsp3) is 0.294. The Morgan fingerprint density at radius 2 is 1.53 bits per heavy atom. The SMILES string of the molecule is CCC(O)OCC1c2ccccc2-c2ccccc21. The van der Waals surface area contributed by atoms with E-state index in [1.165, 1.54) is 22.3 Å². The summed E-state index contributed by atoms with van der Waals surface area (Å²) in [6.07, 6.45) is -0.0457. The van der Waals surface area contributed by atoms with E-state index in [1.54, 1.807) is 0 Å². The van der Waals surface area contributed by atoms with Gasteiger partial charge >= 0.3 is 0 Å². The molecule has 2 aromatic carbocycles. The van der Waals surface area contributed by atoms with Crippen LogP contribution in [0.5, 0.6) is 0 Å². The number of fused-ring (bicyclic) bond motifs is 3. The summed E-state index contributed by atoms with van der Waals surface area (Å²) in [6.45, 7) is 2.45. The van der Waals surface area contributed by atoms with Gasteiger partial charge in [0.2, 0.25) is 0 Å². The summed E-state index contributed by atoms with van der Waals surface area (Å²) < 4.78 is 5.54. The summed E-state index contributed by atoms with van der Waals surface area (Å²) >= 11 is 0. The van der Waals surface area contributed by atoms with E-state index in [1.807, 2.05) is 6.92 Å². The van der Waals surface area contributed by atoms with Crippen molar-refractivity contribution in [3.63, 3.8) is 0 Å². The second kappa shape index (κ2) is 5.16. The quantitative estimate of drug-likeness (QED) is 0.846. The van der Waals surface area contributed by atoms with Crippen molar-refractivity contribution in [2.75, 3.05) is 6.61 Å². The molecule has 0 saturated carbocycles. The molecular formula is C17H18O2. The second-order valence-electron chi connectivity index (χ2n) is 4.92. The van der Waals surface area contributed by atoms with Crippen molar-refractivity contribution < 1.29 is 9.84 Å². The highest BCUT2D eigenvalue weighted by Gasteiger charge is 2.28. The van der Waals surface area contributed by atoms with E-state index < -0.39 is 6.29 Å². The summed E-state index contributed by atoms with van der Waals surface area (Å²) in [5.74, 6) is 0.230. The molecule has 0 radical (unpaired) electrons. The molecule has 0 amide bonds. The third-order valence-corrected chi connectivity index (χ3v) is 3.77. The Bertz CT molecular complexity index is 531. The molecule has 1 N–H and O–H groups in total. The number of hydrogen-bond donors (Lipinski definition) is 1. The van der Waals surface area contributed by atoms with E-state index in [2.05, 4.69) is 48.5 Å². The highest BCUT2D eigenvalue weighted by atomic mass is 16.6. The molecule has 3 rings (SSSR count). The molecule has 1 unspecified atom stereocenters. The van der Waals surface area contributed by atoms with Crippen molar-refractivity contribution in [1.82, 2.24) is 0 Å². The number of benzene rings is 2. The normalized spacial score (nSPS) is 15.1. The number of aliphatic hydroxyl groups excluding tert-OH is 1. The molecule has 1 aliphatic carbocycles. The number of rotatable bonds is 4. The molecule has 1 aliphatic rings. The van der Waals surface area contributed by atoms with Crippen LogP contribution >= 0.6 is 0 Å². The smallest absolute Gasteiger partial charge is 0.154 e. The maximum Gasteiger partial charge on any atom is 0.154 e. The Morgan fingerprint density at radius 3 is 2.05 bits per heavy atom. The molecule has 2 nitrogen and oxygen atoms in total. The molecule has 19 heavy (non-hydrogen) atoms. The maximum absolute atomic E-state index is 9.59. The predicted octanol–water partition coefficient (Wildman–Crippen LogP) is 3.54. The van der Waals surface area contributed by atoms with Gasteiger partial charge in [-0.1, -0.05) is 55.5 Å². The molecule has 2 aromatic rings. The van der Waals surface area contributed by atoms with Gasteiger partial charge in [0.05, 0.1) is 6.61 Å². The lowest BCUT2D eigenvalue weighted by molar-refractivity contribution is -0.102. The van der Waals surface area contributed by atoms with Crippen LogP contribution in [-0.4, -0.2) is 18.0 Å². The summed E-state index contributed by atoms with van der Waals surface area (Å²) in [6, 6.07) is 16.9. The first-order valence-corrected chi connectivity index (χ1v) is 6.79. The molecule has 0 saturated heterocycles. The molecule has 2 heteroatoms. The Labute approximate surface area is 113 Å². The van der Waals surface area contributed by atoms with Crippen LogP contribution in [0.15, 0.2) is 48.5 Å². The fourth-order valence-electron chi connectivity index (χ4n) is 2.76. The molecule has 0 fully saturated rings. The van der Waals surface area contributed by atoms with Crippen LogP contribution < -0.4 is 0 Å². The minimum atomic E-state index is -0.667. The van der Waals surface area contributed by atoms with Crippen LogP contribution in [0, 0.1) is 0 Å². The molecule has 0 bridgehead atoms. The summed E-state index contributed by atoms with van der Waals surface area (Å²) in [7, 11) is 0. The Balaban J connectivity index is 1.96. The largest absolute Gasteiger partial charge is 0.368 e. The average molecular weight is 254 g/mol. The fourth-order valence-corrected chi connectivity index (χ4v) is 2.76. The van der Waals surface area contributed by atoms with Crippen molar-refractivity contribution in [2.24, 2.45) is 0 Å². The van der Waals surface area contributed by atoms with Crippen LogP contribution in [-0.2, 0) is 4.74 Å². The number of hydrogen-bond acceptors (Lipinski definition) is 2. The first-order chi connectivity index (χ1) is 9.31. The molecule has 98 valence electrons. The van der Waals surface area contributed by atoms with Crippen molar-refractivity contribution >= 4 is 0 Å². The van der Waals surface area contributed by atoms with Gasteiger partial charge < -0.3 is 9.84 Å². The summed E-state index contributed by atoms with van der Waals surface area (Å²) in [5, 5.41) is 9.59. The second-order valence-corrected chi connectivity index (χ2v) is 4.92. The van der Waals surface area contributed by atoms with Crippen molar-refractivity contribution in [2.45, 2.75) is 25.6 Å². The molecule has 0 aliphatic heterocycles. The number of aliphatic hydroxyl groups is 1. The van der Waals surface area contributed by atoms with Gasteiger partial charge in [-0.2, -0.15) is 0 Å². The van der Waals surface area contributed by atoms with Crippen LogP contribution in [0.4, 0.5) is 0 Å². The zero-order valence-corrected chi connectivity index (χ0v) is 11.0. The molecule has 0 aromatic heterocycles. The number of ether oxygens (including phenoxy) is 1. The van der Waals surface area contributed by atoms with Crippen molar-refractivity contribution in [3.05, 3.63) is 59.7 Å². The first kappa shape index (κ1) is 12.4. The van der Waals surface area contributed by atoms with Gasteiger partial charge in [0, 0.05) is 5.92 Å². The molecule has 0 heterocycles. The minimum Gasteiger partial charge on any atom is -0.368 e. The van der Waals surface area contributed by atoms with Crippen molar-refractivity contribution in [1.29, 1.82) is 0 Å². The van der Waals surface area contributed by atoms with E-state index in [0.29, 0.717) is 13.0 Å². The summed E-state index contributed by atoms with van der Waals surface area (Å²) in [4.78, 5) is 0. The third kappa shape index (κ3) is 2.18. The lowest BCUT2D eigenvalue weighted by atomic mass is 9.98. The lowest BCUT2D eigenvalue weighted by Crippen LogP contribution is -2.15. The zero-order chi connectivity index (χ0) is 13.2. The standard InChI is InChI=1S/C17H18O2/c1-2-17(18)19-11-16-14-9-5-3-7-12(14)13-8-4-6-10-15(13)16/h3-10,16-18H,2,11H2,1H3. The Morgan fingerprint density at radius 1 is 1.00 bits per heavy atom. The van der Waals surface area contributed by atoms with Gasteiger partial charge in [-0.25, -0.2) is 0 Å². The molecule has 1 atom stereocenters. The molecular weight excluding hydrogens is 236 g/mol. The Hall–Kier alpha value is -1.64. The van der Waals surface area contributed by atoms with Crippen LogP contribution in [0.3, 0.4) is 0 Å². The Kier molecular flexibility index (Phi) is 3.36. The maximum atomic E-state index is 9.59. The van der Waals surface area contributed by atoms with E-state index in [4.69, 9.17) is 4.74 Å². The van der Waals surface area contributed by atoms with E-state index >= 15 is 0 Å². The monoisotopic (exact) mass is 254 g/mol. The van der Waals surface area contributed by atoms with Crippen molar-refractivity contribution in [3.8, 4) is 11.1 Å². The van der Waals surface area contributed by atoms with Gasteiger partial charge in [0.15, 0.2) is 6.29 Å². The van der Waals surface area contributed by atoms with Crippen LogP contribution in [0.1, 0.15) is 30.4 Å². The predicted molar refractivity (Wildman–Crippen MR) is 76.0 cm³/mol. The van der Waals surface area contributed by atoms with Gasteiger partial charge in [-0.15, -0.1) is 0 Å². The topological polar surface area (TPSA) is 29.5 Å². The van der Waals surface area contributed by atoms with Gasteiger partial charge in [-0.3, -0.25) is 0 Å². The zero-order valence-electron chi connectivity index (χ0n) is 11.0. The van der Waals surface area contributed by atoms with E-state index in [0.717, 1.165) is 0 Å². The highest BCUT2D eigenvalue weighted by molar-refractivity contribution is 5.78. The van der Waals surface area contributed by atoms with E-state index in [9.17, 15) is 5.11 Å². The highest BCUT2D eigenvalue weighted by Crippen LogP contribution is 2.44. The van der Waals surface area contributed by atoms with Gasteiger partial charge in [0.25, 0.3) is 0 Å². The van der Waals surface area contributed by atoms with Gasteiger partial charge in [-0.05, 0) is 28.7 Å². The first-order valence-electron chi connectivity index (χ1n) is 6.79.